The van der Waals surface area contributed by atoms with Gasteiger partial charge in [0.15, 0.2) is 0 Å². The zero-order valence-electron chi connectivity index (χ0n) is 12.7. The Bertz CT molecular complexity index is 399. The van der Waals surface area contributed by atoms with E-state index in [1.165, 1.54) is 0 Å². The largest absolute Gasteiger partial charge is 0.340 e. The van der Waals surface area contributed by atoms with Crippen molar-refractivity contribution >= 4 is 11.8 Å². The van der Waals surface area contributed by atoms with Gasteiger partial charge in [0.25, 0.3) is 0 Å². The van der Waals surface area contributed by atoms with E-state index in [-0.39, 0.29) is 29.3 Å². The van der Waals surface area contributed by atoms with E-state index in [9.17, 15) is 9.59 Å². The van der Waals surface area contributed by atoms with Crippen molar-refractivity contribution in [3.05, 3.63) is 0 Å². The summed E-state index contributed by atoms with van der Waals surface area (Å²) < 4.78 is 0. The average molecular weight is 266 g/mol. The third kappa shape index (κ3) is 2.05. The minimum absolute atomic E-state index is 0.0218. The Morgan fingerprint density at radius 2 is 1.74 bits per heavy atom. The van der Waals surface area contributed by atoms with Gasteiger partial charge in [-0.05, 0) is 31.1 Å². The third-order valence-electron chi connectivity index (χ3n) is 5.04. The molecule has 4 nitrogen and oxygen atoms in total. The predicted octanol–water partition coefficient (Wildman–Crippen LogP) is 2.08. The van der Waals surface area contributed by atoms with E-state index in [1.54, 1.807) is 0 Å². The van der Waals surface area contributed by atoms with Crippen LogP contribution in [0.5, 0.6) is 0 Å². The first-order chi connectivity index (χ1) is 8.83. The zero-order chi connectivity index (χ0) is 14.4. The molecule has 1 N–H and O–H groups in total. The van der Waals surface area contributed by atoms with E-state index in [1.807, 2.05) is 25.7 Å². The van der Waals surface area contributed by atoms with Gasteiger partial charge in [-0.25, -0.2) is 0 Å². The fraction of sp³-hybridized carbons (Fsp3) is 0.867. The Kier molecular flexibility index (Phi) is 3.40. The first-order valence-corrected chi connectivity index (χ1v) is 7.47. The van der Waals surface area contributed by atoms with Crippen LogP contribution in [0.4, 0.5) is 0 Å². The van der Waals surface area contributed by atoms with Crippen LogP contribution in [0.2, 0.25) is 0 Å². The number of hydrogen-bond donors (Lipinski definition) is 1. The van der Waals surface area contributed by atoms with Crippen LogP contribution in [-0.4, -0.2) is 34.3 Å². The standard InChI is InChI=1S/C15H26N2O2/c1-6-10-12(18)16-15(7-2,8-3)13(19)17(10)11-9-14(11,4)5/h10-11H,6-9H2,1-5H3,(H,16,18). The molecule has 0 spiro atoms. The molecule has 0 bridgehead atoms. The summed E-state index contributed by atoms with van der Waals surface area (Å²) in [5.74, 6) is 0.146. The molecule has 2 atom stereocenters. The number of carbonyl (C=O) groups excluding carboxylic acids is 2. The number of carbonyl (C=O) groups is 2. The van der Waals surface area contributed by atoms with Crippen molar-refractivity contribution in [2.45, 2.75) is 77.9 Å². The maximum atomic E-state index is 12.9. The maximum Gasteiger partial charge on any atom is 0.249 e. The van der Waals surface area contributed by atoms with Crippen LogP contribution in [0.25, 0.3) is 0 Å². The highest BCUT2D eigenvalue weighted by Crippen LogP contribution is 2.50. The van der Waals surface area contributed by atoms with E-state index >= 15 is 0 Å². The number of hydrogen-bond acceptors (Lipinski definition) is 2. The van der Waals surface area contributed by atoms with Crippen molar-refractivity contribution < 1.29 is 9.59 Å². The molecule has 1 saturated heterocycles. The summed E-state index contributed by atoms with van der Waals surface area (Å²) in [6.07, 6.45) is 3.02. The lowest BCUT2D eigenvalue weighted by atomic mass is 9.86. The Morgan fingerprint density at radius 3 is 2.11 bits per heavy atom. The van der Waals surface area contributed by atoms with Crippen molar-refractivity contribution in [1.29, 1.82) is 0 Å². The van der Waals surface area contributed by atoms with Gasteiger partial charge in [0.05, 0.1) is 0 Å². The van der Waals surface area contributed by atoms with Crippen LogP contribution in [0.15, 0.2) is 0 Å². The molecule has 1 aliphatic carbocycles. The fourth-order valence-corrected chi connectivity index (χ4v) is 3.27. The van der Waals surface area contributed by atoms with Crippen LogP contribution in [0.1, 0.15) is 60.3 Å². The summed E-state index contributed by atoms with van der Waals surface area (Å²) in [5, 5.41) is 2.99. The second-order valence-electron chi connectivity index (χ2n) is 6.62. The smallest absolute Gasteiger partial charge is 0.249 e. The van der Waals surface area contributed by atoms with Gasteiger partial charge < -0.3 is 10.2 Å². The molecule has 2 unspecified atom stereocenters. The monoisotopic (exact) mass is 266 g/mol. The summed E-state index contributed by atoms with van der Waals surface area (Å²) >= 11 is 0. The normalized spacial score (nSPS) is 32.2. The summed E-state index contributed by atoms with van der Waals surface area (Å²) in [5.41, 5.74) is -0.519. The van der Waals surface area contributed by atoms with Gasteiger partial charge in [0.2, 0.25) is 11.8 Å². The summed E-state index contributed by atoms with van der Waals surface area (Å²) in [6, 6.07) is -0.0565. The molecule has 2 rings (SSSR count). The molecular weight excluding hydrogens is 240 g/mol. The number of nitrogens with zero attached hydrogens (tertiary/aromatic N) is 1. The van der Waals surface area contributed by atoms with Gasteiger partial charge in [-0.3, -0.25) is 9.59 Å². The lowest BCUT2D eigenvalue weighted by Gasteiger charge is -2.46. The summed E-state index contributed by atoms with van der Waals surface area (Å²) in [7, 11) is 0. The Morgan fingerprint density at radius 1 is 1.21 bits per heavy atom. The highest BCUT2D eigenvalue weighted by Gasteiger charge is 2.59. The average Bonchev–Trinajstić information content (AvgIpc) is 2.99. The summed E-state index contributed by atoms with van der Waals surface area (Å²) in [4.78, 5) is 27.2. The first kappa shape index (κ1) is 14.4. The molecule has 1 heterocycles. The molecule has 1 saturated carbocycles. The molecule has 2 amide bonds. The molecule has 0 aromatic heterocycles. The predicted molar refractivity (Wildman–Crippen MR) is 74.6 cm³/mol. The van der Waals surface area contributed by atoms with Gasteiger partial charge in [-0.2, -0.15) is 0 Å². The fourth-order valence-electron chi connectivity index (χ4n) is 3.27. The number of amides is 2. The molecular formula is C15H26N2O2. The van der Waals surface area contributed by atoms with Crippen LogP contribution in [0, 0.1) is 5.41 Å². The van der Waals surface area contributed by atoms with Gasteiger partial charge in [-0.1, -0.05) is 34.6 Å². The van der Waals surface area contributed by atoms with Gasteiger partial charge in [0.1, 0.15) is 11.6 Å². The van der Waals surface area contributed by atoms with Crippen molar-refractivity contribution in [1.82, 2.24) is 10.2 Å². The highest BCUT2D eigenvalue weighted by atomic mass is 16.2. The molecule has 4 heteroatoms. The van der Waals surface area contributed by atoms with Crippen LogP contribution >= 0.6 is 0 Å². The summed E-state index contributed by atoms with van der Waals surface area (Å²) in [6.45, 7) is 10.3. The van der Waals surface area contributed by atoms with Crippen molar-refractivity contribution in [3.8, 4) is 0 Å². The second kappa shape index (κ2) is 4.50. The second-order valence-corrected chi connectivity index (χ2v) is 6.62. The van der Waals surface area contributed by atoms with Gasteiger partial charge >= 0.3 is 0 Å². The van der Waals surface area contributed by atoms with Crippen LogP contribution in [0.3, 0.4) is 0 Å². The number of piperazine rings is 1. The Labute approximate surface area is 115 Å². The lowest BCUT2D eigenvalue weighted by molar-refractivity contribution is -0.157. The van der Waals surface area contributed by atoms with E-state index < -0.39 is 5.54 Å². The minimum atomic E-state index is -0.679. The van der Waals surface area contributed by atoms with Crippen LogP contribution < -0.4 is 5.32 Å². The van der Waals surface area contributed by atoms with Crippen molar-refractivity contribution in [2.75, 3.05) is 0 Å². The van der Waals surface area contributed by atoms with E-state index in [0.717, 1.165) is 6.42 Å². The molecule has 1 aliphatic heterocycles. The van der Waals surface area contributed by atoms with Gasteiger partial charge in [-0.15, -0.1) is 0 Å². The van der Waals surface area contributed by atoms with E-state index in [2.05, 4.69) is 19.2 Å². The van der Waals surface area contributed by atoms with E-state index in [0.29, 0.717) is 19.3 Å². The van der Waals surface area contributed by atoms with Crippen molar-refractivity contribution in [3.63, 3.8) is 0 Å². The highest BCUT2D eigenvalue weighted by molar-refractivity contribution is 6.00. The molecule has 108 valence electrons. The first-order valence-electron chi connectivity index (χ1n) is 7.47. The topological polar surface area (TPSA) is 49.4 Å². The Balaban J connectivity index is 2.35. The molecule has 2 fully saturated rings. The maximum absolute atomic E-state index is 12.9. The Hall–Kier alpha value is -1.06. The molecule has 2 aliphatic rings. The zero-order valence-corrected chi connectivity index (χ0v) is 12.7. The third-order valence-corrected chi connectivity index (χ3v) is 5.04. The molecule has 0 aromatic carbocycles. The molecule has 0 aromatic rings. The number of rotatable bonds is 4. The lowest BCUT2D eigenvalue weighted by Crippen LogP contribution is -2.70. The molecule has 0 radical (unpaired) electrons. The quantitative estimate of drug-likeness (QED) is 0.847. The SMILES string of the molecule is CCC1C(=O)NC(CC)(CC)C(=O)N1C1CC1(C)C. The van der Waals surface area contributed by atoms with E-state index in [4.69, 9.17) is 0 Å². The molecule has 19 heavy (non-hydrogen) atoms. The van der Waals surface area contributed by atoms with Gasteiger partial charge in [0, 0.05) is 6.04 Å². The van der Waals surface area contributed by atoms with Crippen molar-refractivity contribution in [2.24, 2.45) is 5.41 Å². The number of nitrogens with one attached hydrogen (secondary N) is 1. The minimum Gasteiger partial charge on any atom is -0.340 e. The van der Waals surface area contributed by atoms with Crippen LogP contribution in [-0.2, 0) is 9.59 Å².